The van der Waals surface area contributed by atoms with Crippen LogP contribution in [0.3, 0.4) is 0 Å². The van der Waals surface area contributed by atoms with E-state index in [1.807, 2.05) is 0 Å². The molecule has 0 aliphatic carbocycles. The van der Waals surface area contributed by atoms with Gasteiger partial charge in [0.1, 0.15) is 0 Å². The second-order valence-electron chi connectivity index (χ2n) is 2.04. The van der Waals surface area contributed by atoms with Crippen molar-refractivity contribution in [1.29, 1.82) is 0 Å². The van der Waals surface area contributed by atoms with Crippen molar-refractivity contribution in [3.8, 4) is 0 Å². The van der Waals surface area contributed by atoms with Crippen LogP contribution in [0.4, 0.5) is 5.69 Å². The molecule has 0 saturated carbocycles. The summed E-state index contributed by atoms with van der Waals surface area (Å²) in [5.41, 5.74) is 0.0918. The lowest BCUT2D eigenvalue weighted by Crippen LogP contribution is -2.10. The monoisotopic (exact) mass is 206 g/mol. The van der Waals surface area contributed by atoms with E-state index >= 15 is 0 Å². The summed E-state index contributed by atoms with van der Waals surface area (Å²) in [6, 6.07) is 6.08. The third kappa shape index (κ3) is 2.69. The van der Waals surface area contributed by atoms with Gasteiger partial charge in [-0.25, -0.2) is 8.42 Å². The van der Waals surface area contributed by atoms with E-state index in [-0.39, 0.29) is 10.7 Å². The average Bonchev–Trinajstić information content (AvgIpc) is 1.91. The van der Waals surface area contributed by atoms with Crippen molar-refractivity contribution in [3.05, 3.63) is 29.3 Å². The van der Waals surface area contributed by atoms with Gasteiger partial charge >= 0.3 is 0 Å². The first kappa shape index (κ1) is 9.31. The molecule has 0 aromatic heterocycles. The summed E-state index contributed by atoms with van der Waals surface area (Å²) >= 11 is 5.56. The molecule has 1 aromatic rings. The predicted octanol–water partition coefficient (Wildman–Crippen LogP) is 1.21. The lowest BCUT2D eigenvalue weighted by molar-refractivity contribution is 0.469. The standard InChI is InChI=1S/C6H6ClNO3S/c7-5-3-1-2-4-6(5)8-12(9,10)11/h1-4,8H,(H,9,10,11)/p-1. The van der Waals surface area contributed by atoms with E-state index < -0.39 is 10.3 Å². The van der Waals surface area contributed by atoms with Gasteiger partial charge in [0.15, 0.2) is 10.3 Å². The zero-order valence-corrected chi connectivity index (χ0v) is 7.39. The van der Waals surface area contributed by atoms with Gasteiger partial charge in [-0.3, -0.25) is 4.72 Å². The van der Waals surface area contributed by atoms with Crippen molar-refractivity contribution in [2.24, 2.45) is 0 Å². The van der Waals surface area contributed by atoms with Crippen molar-refractivity contribution in [3.63, 3.8) is 0 Å². The van der Waals surface area contributed by atoms with Crippen molar-refractivity contribution < 1.29 is 13.0 Å². The molecule has 1 aromatic carbocycles. The third-order valence-corrected chi connectivity index (χ3v) is 1.91. The molecule has 0 radical (unpaired) electrons. The Bertz CT molecular complexity index is 376. The van der Waals surface area contributed by atoms with Crippen LogP contribution in [0.25, 0.3) is 0 Å². The quantitative estimate of drug-likeness (QED) is 0.740. The summed E-state index contributed by atoms with van der Waals surface area (Å²) in [5, 5.41) is 0.192. The van der Waals surface area contributed by atoms with Crippen LogP contribution in [0.15, 0.2) is 24.3 Å². The molecule has 12 heavy (non-hydrogen) atoms. The average molecular weight is 207 g/mol. The highest BCUT2D eigenvalue weighted by molar-refractivity contribution is 7.87. The fourth-order valence-electron chi connectivity index (χ4n) is 0.679. The molecule has 4 nitrogen and oxygen atoms in total. The molecule has 0 heterocycles. The second-order valence-corrected chi connectivity index (χ2v) is 3.56. The Kier molecular flexibility index (Phi) is 2.56. The van der Waals surface area contributed by atoms with E-state index in [1.54, 1.807) is 16.9 Å². The Morgan fingerprint density at radius 3 is 2.42 bits per heavy atom. The number of rotatable bonds is 2. The Morgan fingerprint density at radius 2 is 1.92 bits per heavy atom. The Labute approximate surface area is 75.0 Å². The zero-order chi connectivity index (χ0) is 9.19. The van der Waals surface area contributed by atoms with Crippen LogP contribution in [-0.4, -0.2) is 13.0 Å². The number of nitrogens with one attached hydrogen (secondary N) is 1. The van der Waals surface area contributed by atoms with Crippen LogP contribution in [0, 0.1) is 0 Å². The molecule has 0 amide bonds. The van der Waals surface area contributed by atoms with E-state index in [0.717, 1.165) is 0 Å². The van der Waals surface area contributed by atoms with Crippen molar-refractivity contribution in [2.75, 3.05) is 4.72 Å². The fourth-order valence-corrected chi connectivity index (χ4v) is 1.36. The summed E-state index contributed by atoms with van der Waals surface area (Å²) in [5.74, 6) is 0. The number of hydrogen-bond donors (Lipinski definition) is 1. The van der Waals surface area contributed by atoms with E-state index in [0.29, 0.717) is 0 Å². The smallest absolute Gasteiger partial charge is 0.181 e. The zero-order valence-electron chi connectivity index (χ0n) is 5.82. The van der Waals surface area contributed by atoms with Gasteiger partial charge in [-0.2, -0.15) is 0 Å². The van der Waals surface area contributed by atoms with Gasteiger partial charge in [-0.1, -0.05) is 23.7 Å². The third-order valence-electron chi connectivity index (χ3n) is 1.11. The largest absolute Gasteiger partial charge is 0.731 e. The van der Waals surface area contributed by atoms with Gasteiger partial charge in [0.05, 0.1) is 10.7 Å². The summed E-state index contributed by atoms with van der Waals surface area (Å²) in [6.07, 6.45) is 0. The van der Waals surface area contributed by atoms with E-state index in [1.165, 1.54) is 12.1 Å². The molecule has 0 saturated heterocycles. The number of benzene rings is 1. The molecule has 0 aliphatic heterocycles. The van der Waals surface area contributed by atoms with Crippen LogP contribution in [0.1, 0.15) is 0 Å². The Hall–Kier alpha value is -0.780. The number of halogens is 1. The SMILES string of the molecule is O=S(=O)([O-])Nc1ccccc1Cl. The summed E-state index contributed by atoms with van der Waals surface area (Å²) in [4.78, 5) is 0. The van der Waals surface area contributed by atoms with E-state index in [4.69, 9.17) is 11.6 Å². The van der Waals surface area contributed by atoms with Crippen LogP contribution >= 0.6 is 11.6 Å². The molecule has 6 heteroatoms. The molecule has 0 aliphatic rings. The summed E-state index contributed by atoms with van der Waals surface area (Å²) < 4.78 is 32.4. The first-order valence-electron chi connectivity index (χ1n) is 2.97. The molecular formula is C6H5ClNO3S-. The first-order chi connectivity index (χ1) is 5.49. The van der Waals surface area contributed by atoms with E-state index in [2.05, 4.69) is 0 Å². The molecule has 0 spiro atoms. The fraction of sp³-hybridized carbons (Fsp3) is 0. The highest BCUT2D eigenvalue weighted by Gasteiger charge is 1.99. The second kappa shape index (κ2) is 3.30. The number of anilines is 1. The normalized spacial score (nSPS) is 11.2. The maximum Gasteiger partial charge on any atom is 0.181 e. The minimum absolute atomic E-state index is 0.0918. The lowest BCUT2D eigenvalue weighted by Gasteiger charge is -2.10. The van der Waals surface area contributed by atoms with Gasteiger partial charge < -0.3 is 4.55 Å². The molecule has 0 atom stereocenters. The maximum atomic E-state index is 10.2. The van der Waals surface area contributed by atoms with Gasteiger partial charge in [-0.15, -0.1) is 0 Å². The summed E-state index contributed by atoms with van der Waals surface area (Å²) in [6.45, 7) is 0. The minimum atomic E-state index is -4.48. The Morgan fingerprint density at radius 1 is 1.33 bits per heavy atom. The molecular weight excluding hydrogens is 202 g/mol. The number of hydrogen-bond acceptors (Lipinski definition) is 3. The van der Waals surface area contributed by atoms with Gasteiger partial charge in [0.25, 0.3) is 0 Å². The lowest BCUT2D eigenvalue weighted by atomic mass is 10.3. The molecule has 0 bridgehead atoms. The highest BCUT2D eigenvalue weighted by Crippen LogP contribution is 2.20. The molecule has 1 rings (SSSR count). The van der Waals surface area contributed by atoms with Crippen LogP contribution in [0.5, 0.6) is 0 Å². The molecule has 0 fully saturated rings. The van der Waals surface area contributed by atoms with Gasteiger partial charge in [0.2, 0.25) is 0 Å². The van der Waals surface area contributed by atoms with E-state index in [9.17, 15) is 13.0 Å². The predicted molar refractivity (Wildman–Crippen MR) is 44.8 cm³/mol. The van der Waals surface area contributed by atoms with Crippen molar-refractivity contribution in [2.45, 2.75) is 0 Å². The molecule has 1 N–H and O–H groups in total. The van der Waals surface area contributed by atoms with Crippen molar-refractivity contribution >= 4 is 27.6 Å². The first-order valence-corrected chi connectivity index (χ1v) is 4.76. The van der Waals surface area contributed by atoms with Crippen LogP contribution in [0.2, 0.25) is 5.02 Å². The highest BCUT2D eigenvalue weighted by atomic mass is 35.5. The Balaban J connectivity index is 2.98. The molecule has 66 valence electrons. The van der Waals surface area contributed by atoms with Gasteiger partial charge in [-0.05, 0) is 12.1 Å². The van der Waals surface area contributed by atoms with Crippen LogP contribution < -0.4 is 4.72 Å². The maximum absolute atomic E-state index is 10.2. The molecule has 0 unspecified atom stereocenters. The topological polar surface area (TPSA) is 69.2 Å². The van der Waals surface area contributed by atoms with Crippen molar-refractivity contribution in [1.82, 2.24) is 0 Å². The number of para-hydroxylation sites is 1. The minimum Gasteiger partial charge on any atom is -0.731 e. The van der Waals surface area contributed by atoms with Gasteiger partial charge in [0, 0.05) is 0 Å². The summed E-state index contributed by atoms with van der Waals surface area (Å²) in [7, 11) is -4.48. The van der Waals surface area contributed by atoms with Crippen LogP contribution in [-0.2, 0) is 10.3 Å².